The van der Waals surface area contributed by atoms with Gasteiger partial charge in [-0.25, -0.2) is 14.6 Å². The van der Waals surface area contributed by atoms with Gasteiger partial charge >= 0.3 is 0 Å². The van der Waals surface area contributed by atoms with Gasteiger partial charge in [-0.05, 0) is 30.4 Å². The monoisotopic (exact) mass is 452 g/mol. The number of hydrogen-bond acceptors (Lipinski definition) is 6. The van der Waals surface area contributed by atoms with Crippen molar-refractivity contribution in [3.63, 3.8) is 0 Å². The Morgan fingerprint density at radius 2 is 1.93 bits per heavy atom. The first-order chi connectivity index (χ1) is 13.9. The largest absolute Gasteiger partial charge is 0.369 e. The number of fused-ring (bicyclic) bond motifs is 1. The number of rotatable bonds is 8. The van der Waals surface area contributed by atoms with Gasteiger partial charge in [0.2, 0.25) is 0 Å². The van der Waals surface area contributed by atoms with Crippen molar-refractivity contribution in [2.24, 2.45) is 5.92 Å². The third-order valence-electron chi connectivity index (χ3n) is 4.07. The number of nitrogens with zero attached hydrogens (tertiary/aromatic N) is 4. The Hall–Kier alpha value is -2.03. The van der Waals surface area contributed by atoms with E-state index < -0.39 is 0 Å². The molecule has 0 aliphatic heterocycles. The fourth-order valence-electron chi connectivity index (χ4n) is 2.69. The van der Waals surface area contributed by atoms with E-state index in [9.17, 15) is 4.79 Å². The number of carbonyl (C=O) groups is 1. The highest BCUT2D eigenvalue weighted by atomic mass is 35.5. The number of nitrogens with one attached hydrogen (secondary N) is 2. The van der Waals surface area contributed by atoms with Gasteiger partial charge in [0.1, 0.15) is 5.82 Å². The van der Waals surface area contributed by atoms with E-state index >= 15 is 0 Å². The van der Waals surface area contributed by atoms with Gasteiger partial charge in [0.15, 0.2) is 10.8 Å². The van der Waals surface area contributed by atoms with Crippen molar-refractivity contribution in [1.82, 2.24) is 25.1 Å². The third kappa shape index (κ3) is 5.52. The van der Waals surface area contributed by atoms with Gasteiger partial charge in [0, 0.05) is 28.7 Å². The van der Waals surface area contributed by atoms with Crippen LogP contribution in [0.25, 0.3) is 11.0 Å². The van der Waals surface area contributed by atoms with E-state index in [1.54, 1.807) is 29.1 Å². The van der Waals surface area contributed by atoms with Gasteiger partial charge in [-0.3, -0.25) is 4.79 Å². The van der Waals surface area contributed by atoms with Crippen LogP contribution in [0.15, 0.2) is 29.6 Å². The van der Waals surface area contributed by atoms with Crippen LogP contribution >= 0.6 is 35.0 Å². The summed E-state index contributed by atoms with van der Waals surface area (Å²) in [5, 5.41) is 13.0. The minimum absolute atomic E-state index is 0.246. The second kappa shape index (κ2) is 9.65. The number of carbonyl (C=O) groups excluding carboxylic acids is 1. The molecule has 10 heteroatoms. The summed E-state index contributed by atoms with van der Waals surface area (Å²) < 4.78 is 1.77. The van der Waals surface area contributed by atoms with E-state index in [-0.39, 0.29) is 5.91 Å². The lowest BCUT2D eigenvalue weighted by Crippen LogP contribution is -2.27. The molecule has 0 unspecified atom stereocenters. The molecule has 29 heavy (non-hydrogen) atoms. The van der Waals surface area contributed by atoms with Crippen LogP contribution in [0.4, 0.5) is 5.82 Å². The van der Waals surface area contributed by atoms with Crippen LogP contribution in [0.5, 0.6) is 0 Å². The molecule has 0 bridgehead atoms. The molecule has 2 heterocycles. The molecule has 0 atom stereocenters. The normalized spacial score (nSPS) is 11.2. The second-order valence-electron chi connectivity index (χ2n) is 6.85. The van der Waals surface area contributed by atoms with E-state index in [1.165, 1.54) is 11.8 Å². The molecule has 2 aromatic heterocycles. The number of halogens is 2. The second-order valence-corrected chi connectivity index (χ2v) is 8.50. The number of hydrogen-bond donors (Lipinski definition) is 2. The maximum Gasteiger partial charge on any atom is 0.251 e. The molecule has 0 aliphatic rings. The van der Waals surface area contributed by atoms with Crippen LogP contribution < -0.4 is 10.6 Å². The fourth-order valence-corrected chi connectivity index (χ4v) is 3.57. The molecule has 3 rings (SSSR count). The average Bonchev–Trinajstić information content (AvgIpc) is 3.08. The Morgan fingerprint density at radius 1 is 1.21 bits per heavy atom. The molecule has 2 N–H and O–H groups in total. The molecule has 0 fully saturated rings. The summed E-state index contributed by atoms with van der Waals surface area (Å²) >= 11 is 13.4. The zero-order valence-electron chi connectivity index (χ0n) is 16.4. The molecule has 0 saturated heterocycles. The smallest absolute Gasteiger partial charge is 0.251 e. The molecule has 154 valence electrons. The van der Waals surface area contributed by atoms with Crippen LogP contribution in [0, 0.1) is 5.92 Å². The molecule has 7 nitrogen and oxygen atoms in total. The van der Waals surface area contributed by atoms with Crippen molar-refractivity contribution in [3.8, 4) is 0 Å². The zero-order chi connectivity index (χ0) is 21.0. The standard InChI is InChI=1S/C19H22Cl2N6OS/c1-11(2)9-23-16-15-10-24-27(17(15)26-19(25-16)29-3)5-4-22-18(28)12-6-13(20)8-14(21)7-12/h6-8,10-11H,4-5,9H2,1-3H3,(H,22,28)(H,23,25,26). The molecule has 0 spiro atoms. The predicted molar refractivity (Wildman–Crippen MR) is 119 cm³/mol. The molecule has 0 saturated carbocycles. The quantitative estimate of drug-likeness (QED) is 0.390. The number of anilines is 1. The van der Waals surface area contributed by atoms with E-state index in [4.69, 9.17) is 23.2 Å². The summed E-state index contributed by atoms with van der Waals surface area (Å²) in [6.45, 7) is 5.94. The summed E-state index contributed by atoms with van der Waals surface area (Å²) in [7, 11) is 0. The highest BCUT2D eigenvalue weighted by molar-refractivity contribution is 7.98. The number of benzene rings is 1. The molecule has 1 amide bonds. The lowest BCUT2D eigenvalue weighted by Gasteiger charge is -2.11. The summed E-state index contributed by atoms with van der Waals surface area (Å²) in [5.74, 6) is 1.02. The first kappa shape index (κ1) is 21.7. The van der Waals surface area contributed by atoms with Gasteiger partial charge in [-0.1, -0.05) is 48.8 Å². The van der Waals surface area contributed by atoms with Crippen LogP contribution in [0.1, 0.15) is 24.2 Å². The van der Waals surface area contributed by atoms with Crippen molar-refractivity contribution in [3.05, 3.63) is 40.0 Å². The highest BCUT2D eigenvalue weighted by Gasteiger charge is 2.14. The van der Waals surface area contributed by atoms with Crippen LogP contribution in [0.3, 0.4) is 0 Å². The Labute approximate surface area is 183 Å². The molecule has 0 radical (unpaired) electrons. The van der Waals surface area contributed by atoms with Crippen molar-refractivity contribution in [2.75, 3.05) is 24.7 Å². The Balaban J connectivity index is 1.73. The van der Waals surface area contributed by atoms with Gasteiger partial charge in [-0.2, -0.15) is 5.10 Å². The highest BCUT2D eigenvalue weighted by Crippen LogP contribution is 2.23. The van der Waals surface area contributed by atoms with Gasteiger partial charge in [0.05, 0.1) is 18.1 Å². The fraction of sp³-hybridized carbons (Fsp3) is 0.368. The minimum Gasteiger partial charge on any atom is -0.369 e. The average molecular weight is 453 g/mol. The van der Waals surface area contributed by atoms with E-state index in [1.807, 2.05) is 6.26 Å². The van der Waals surface area contributed by atoms with Crippen molar-refractivity contribution in [1.29, 1.82) is 0 Å². The van der Waals surface area contributed by atoms with Gasteiger partial charge in [-0.15, -0.1) is 0 Å². The Morgan fingerprint density at radius 3 is 2.59 bits per heavy atom. The summed E-state index contributed by atoms with van der Waals surface area (Å²) in [6, 6.07) is 4.75. The van der Waals surface area contributed by atoms with Gasteiger partial charge < -0.3 is 10.6 Å². The SMILES string of the molecule is CSc1nc(NCC(C)C)c2cnn(CCNC(=O)c3cc(Cl)cc(Cl)c3)c2n1. The van der Waals surface area contributed by atoms with Crippen LogP contribution in [0.2, 0.25) is 10.0 Å². The van der Waals surface area contributed by atoms with E-state index in [2.05, 4.69) is 39.5 Å². The number of amides is 1. The lowest BCUT2D eigenvalue weighted by atomic mass is 10.2. The lowest BCUT2D eigenvalue weighted by molar-refractivity contribution is 0.0952. The summed E-state index contributed by atoms with van der Waals surface area (Å²) in [4.78, 5) is 21.5. The topological polar surface area (TPSA) is 84.7 Å². The maximum atomic E-state index is 12.3. The third-order valence-corrected chi connectivity index (χ3v) is 5.05. The molecular weight excluding hydrogens is 431 g/mol. The summed E-state index contributed by atoms with van der Waals surface area (Å²) in [6.07, 6.45) is 3.69. The summed E-state index contributed by atoms with van der Waals surface area (Å²) in [5.41, 5.74) is 1.15. The number of aromatic nitrogens is 4. The molecular formula is C19H22Cl2N6OS. The first-order valence-corrected chi connectivity index (χ1v) is 11.1. The van der Waals surface area contributed by atoms with Crippen LogP contribution in [-0.2, 0) is 6.54 Å². The number of thioether (sulfide) groups is 1. The molecule has 0 aliphatic carbocycles. The van der Waals surface area contributed by atoms with Crippen molar-refractivity contribution < 1.29 is 4.79 Å². The molecule has 1 aromatic carbocycles. The first-order valence-electron chi connectivity index (χ1n) is 9.13. The van der Waals surface area contributed by atoms with Crippen LogP contribution in [-0.4, -0.2) is 45.0 Å². The maximum absolute atomic E-state index is 12.3. The zero-order valence-corrected chi connectivity index (χ0v) is 18.7. The predicted octanol–water partition coefficient (Wildman–Crippen LogP) is 4.35. The Kier molecular flexibility index (Phi) is 7.21. The van der Waals surface area contributed by atoms with Crippen molar-refractivity contribution >= 4 is 57.7 Å². The van der Waals surface area contributed by atoms with E-state index in [0.29, 0.717) is 39.8 Å². The minimum atomic E-state index is -0.246. The van der Waals surface area contributed by atoms with Gasteiger partial charge in [0.25, 0.3) is 5.91 Å². The van der Waals surface area contributed by atoms with Crippen molar-refractivity contribution in [2.45, 2.75) is 25.5 Å². The Bertz CT molecular complexity index is 1000. The molecule has 3 aromatic rings. The van der Waals surface area contributed by atoms with E-state index in [0.717, 1.165) is 23.4 Å².